The minimum atomic E-state index is -0.371. The molecule has 1 saturated carbocycles. The molecule has 3 rings (SSSR count). The summed E-state index contributed by atoms with van der Waals surface area (Å²) in [5.41, 5.74) is 1.35. The number of hydrogen-bond donors (Lipinski definition) is 2. The molecule has 2 amide bonds. The molecule has 1 aromatic carbocycles. The number of hydrogen-bond acceptors (Lipinski definition) is 3. The predicted molar refractivity (Wildman–Crippen MR) is 99.3 cm³/mol. The van der Waals surface area contributed by atoms with Gasteiger partial charge in [-0.1, -0.05) is 30.3 Å². The number of carbonyl (C=O) groups excluding carboxylic acids is 1. The number of nitrogens with one attached hydrogen (secondary N) is 1. The minimum absolute atomic E-state index is 0.0609. The lowest BCUT2D eigenvalue weighted by Gasteiger charge is -2.37. The Morgan fingerprint density at radius 2 is 1.88 bits per heavy atom. The summed E-state index contributed by atoms with van der Waals surface area (Å²) in [6, 6.07) is 11.2. The summed E-state index contributed by atoms with van der Waals surface area (Å²) < 4.78 is 0. The molecule has 0 aromatic heterocycles. The number of aliphatic hydroxyl groups is 1. The summed E-state index contributed by atoms with van der Waals surface area (Å²) in [5, 5.41) is 13.1. The highest BCUT2D eigenvalue weighted by atomic mass is 16.3. The van der Waals surface area contributed by atoms with Crippen molar-refractivity contribution in [2.75, 3.05) is 26.7 Å². The third-order valence-corrected chi connectivity index (χ3v) is 5.66. The second-order valence-electron chi connectivity index (χ2n) is 7.63. The number of nitrogens with zero attached hydrogens (tertiary/aromatic N) is 2. The van der Waals surface area contributed by atoms with Gasteiger partial charge < -0.3 is 15.3 Å². The van der Waals surface area contributed by atoms with E-state index in [-0.39, 0.29) is 18.2 Å². The molecule has 2 atom stereocenters. The van der Waals surface area contributed by atoms with E-state index < -0.39 is 0 Å². The number of carbonyl (C=O) groups is 1. The van der Waals surface area contributed by atoms with Crippen LogP contribution in [0, 0.1) is 5.92 Å². The normalized spacial score (nSPS) is 21.6. The van der Waals surface area contributed by atoms with Crippen molar-refractivity contribution in [3.63, 3.8) is 0 Å². The van der Waals surface area contributed by atoms with Gasteiger partial charge in [0, 0.05) is 38.8 Å². The van der Waals surface area contributed by atoms with Crippen LogP contribution in [0.3, 0.4) is 0 Å². The number of likely N-dealkylation sites (tertiary alicyclic amines) is 1. The SMILES string of the molecule is CC(c1ccccc1)N1CCC(NC(=O)N(C)CC(O)C2CC2)CC1. The molecule has 2 unspecified atom stereocenters. The zero-order valence-corrected chi connectivity index (χ0v) is 15.4. The zero-order valence-electron chi connectivity index (χ0n) is 15.4. The summed E-state index contributed by atoms with van der Waals surface area (Å²) >= 11 is 0. The Bertz CT molecular complexity index is 553. The van der Waals surface area contributed by atoms with E-state index in [0.29, 0.717) is 18.5 Å². The third-order valence-electron chi connectivity index (χ3n) is 5.66. The second kappa shape index (κ2) is 8.19. The van der Waals surface area contributed by atoms with Gasteiger partial charge in [0.25, 0.3) is 0 Å². The van der Waals surface area contributed by atoms with Crippen molar-refractivity contribution in [2.45, 2.75) is 50.8 Å². The van der Waals surface area contributed by atoms with Crippen molar-refractivity contribution in [2.24, 2.45) is 5.92 Å². The van der Waals surface area contributed by atoms with Crippen LogP contribution in [-0.2, 0) is 0 Å². The van der Waals surface area contributed by atoms with Crippen LogP contribution in [0.2, 0.25) is 0 Å². The second-order valence-corrected chi connectivity index (χ2v) is 7.63. The first-order valence-corrected chi connectivity index (χ1v) is 9.53. The summed E-state index contributed by atoms with van der Waals surface area (Å²) in [4.78, 5) is 16.4. The van der Waals surface area contributed by atoms with E-state index in [4.69, 9.17) is 0 Å². The zero-order chi connectivity index (χ0) is 17.8. The average molecular weight is 345 g/mol. The first-order chi connectivity index (χ1) is 12.0. The molecule has 1 aliphatic carbocycles. The standard InChI is InChI=1S/C20H31N3O2/c1-15(16-6-4-3-5-7-16)23-12-10-18(11-13-23)21-20(25)22(2)14-19(24)17-8-9-17/h3-7,15,17-19,24H,8-14H2,1-2H3,(H,21,25). The lowest BCUT2D eigenvalue weighted by Crippen LogP contribution is -2.50. The van der Waals surface area contributed by atoms with Gasteiger partial charge in [-0.3, -0.25) is 4.90 Å². The minimum Gasteiger partial charge on any atom is -0.391 e. The summed E-state index contributed by atoms with van der Waals surface area (Å²) in [7, 11) is 1.77. The van der Waals surface area contributed by atoms with Gasteiger partial charge in [-0.15, -0.1) is 0 Å². The van der Waals surface area contributed by atoms with E-state index in [1.54, 1.807) is 11.9 Å². The Kier molecular flexibility index (Phi) is 5.97. The van der Waals surface area contributed by atoms with Crippen LogP contribution in [0.5, 0.6) is 0 Å². The fraction of sp³-hybridized carbons (Fsp3) is 0.650. The smallest absolute Gasteiger partial charge is 0.317 e. The lowest BCUT2D eigenvalue weighted by atomic mass is 10.0. The Morgan fingerprint density at radius 1 is 1.24 bits per heavy atom. The Labute approximate surface area is 151 Å². The molecule has 2 fully saturated rings. The lowest BCUT2D eigenvalue weighted by molar-refractivity contribution is 0.109. The van der Waals surface area contributed by atoms with Gasteiger partial charge in [0.1, 0.15) is 0 Å². The van der Waals surface area contributed by atoms with Gasteiger partial charge in [0.05, 0.1) is 6.10 Å². The molecule has 0 radical (unpaired) electrons. The monoisotopic (exact) mass is 345 g/mol. The number of piperidine rings is 1. The quantitative estimate of drug-likeness (QED) is 0.833. The van der Waals surface area contributed by atoms with Gasteiger partial charge in [-0.2, -0.15) is 0 Å². The van der Waals surface area contributed by atoms with Crippen molar-refractivity contribution in [3.8, 4) is 0 Å². The molecule has 5 nitrogen and oxygen atoms in total. The molecule has 1 heterocycles. The van der Waals surface area contributed by atoms with Gasteiger partial charge in [-0.05, 0) is 44.1 Å². The molecule has 0 bridgehead atoms. The highest BCUT2D eigenvalue weighted by Crippen LogP contribution is 2.32. The van der Waals surface area contributed by atoms with Crippen molar-refractivity contribution >= 4 is 6.03 Å². The van der Waals surface area contributed by atoms with Crippen LogP contribution in [-0.4, -0.2) is 59.8 Å². The van der Waals surface area contributed by atoms with E-state index in [9.17, 15) is 9.90 Å². The van der Waals surface area contributed by atoms with E-state index in [1.807, 2.05) is 0 Å². The maximum absolute atomic E-state index is 12.3. The van der Waals surface area contributed by atoms with Crippen molar-refractivity contribution < 1.29 is 9.90 Å². The Morgan fingerprint density at radius 3 is 2.48 bits per heavy atom. The number of aliphatic hydroxyl groups excluding tert-OH is 1. The van der Waals surface area contributed by atoms with Crippen LogP contribution in [0.4, 0.5) is 4.79 Å². The number of amides is 2. The highest BCUT2D eigenvalue weighted by molar-refractivity contribution is 5.74. The first-order valence-electron chi connectivity index (χ1n) is 9.53. The van der Waals surface area contributed by atoms with Crippen molar-refractivity contribution in [1.82, 2.24) is 15.1 Å². The fourth-order valence-corrected chi connectivity index (χ4v) is 3.65. The van der Waals surface area contributed by atoms with Crippen LogP contribution in [0.15, 0.2) is 30.3 Å². The van der Waals surface area contributed by atoms with Crippen molar-refractivity contribution in [1.29, 1.82) is 0 Å². The largest absolute Gasteiger partial charge is 0.391 e. The van der Waals surface area contributed by atoms with Gasteiger partial charge in [-0.25, -0.2) is 4.79 Å². The van der Waals surface area contributed by atoms with E-state index in [1.165, 1.54) is 5.56 Å². The predicted octanol–water partition coefficient (Wildman–Crippen LogP) is 2.62. The molecular formula is C20H31N3O2. The molecular weight excluding hydrogens is 314 g/mol. The summed E-state index contributed by atoms with van der Waals surface area (Å²) in [6.45, 7) is 4.67. The first kappa shape index (κ1) is 18.2. The van der Waals surface area contributed by atoms with E-state index >= 15 is 0 Å². The van der Waals surface area contributed by atoms with Crippen molar-refractivity contribution in [3.05, 3.63) is 35.9 Å². The molecule has 2 aliphatic rings. The molecule has 25 heavy (non-hydrogen) atoms. The molecule has 1 aliphatic heterocycles. The fourth-order valence-electron chi connectivity index (χ4n) is 3.65. The molecule has 138 valence electrons. The van der Waals surface area contributed by atoms with Crippen LogP contribution >= 0.6 is 0 Å². The third kappa shape index (κ3) is 4.95. The summed E-state index contributed by atoms with van der Waals surface area (Å²) in [5.74, 6) is 0.401. The number of rotatable bonds is 6. The Balaban J connectivity index is 1.42. The van der Waals surface area contributed by atoms with E-state index in [0.717, 1.165) is 38.8 Å². The highest BCUT2D eigenvalue weighted by Gasteiger charge is 2.31. The van der Waals surface area contributed by atoms with Crippen LogP contribution in [0.25, 0.3) is 0 Å². The summed E-state index contributed by atoms with van der Waals surface area (Å²) in [6.07, 6.45) is 3.76. The van der Waals surface area contributed by atoms with Gasteiger partial charge in [0.15, 0.2) is 0 Å². The number of likely N-dealkylation sites (N-methyl/N-ethyl adjacent to an activating group) is 1. The Hall–Kier alpha value is -1.59. The van der Waals surface area contributed by atoms with Gasteiger partial charge in [0.2, 0.25) is 0 Å². The molecule has 0 spiro atoms. The van der Waals surface area contributed by atoms with E-state index in [2.05, 4.69) is 47.5 Å². The van der Waals surface area contributed by atoms with Gasteiger partial charge >= 0.3 is 6.03 Å². The average Bonchev–Trinajstić information content (AvgIpc) is 3.47. The van der Waals surface area contributed by atoms with Crippen LogP contribution < -0.4 is 5.32 Å². The molecule has 1 saturated heterocycles. The molecule has 5 heteroatoms. The number of benzene rings is 1. The maximum Gasteiger partial charge on any atom is 0.317 e. The number of urea groups is 1. The topological polar surface area (TPSA) is 55.8 Å². The van der Waals surface area contributed by atoms with Crippen LogP contribution in [0.1, 0.15) is 44.2 Å². The maximum atomic E-state index is 12.3. The molecule has 1 aromatic rings. The molecule has 2 N–H and O–H groups in total.